The van der Waals surface area contributed by atoms with E-state index in [0.717, 1.165) is 19.4 Å². The van der Waals surface area contributed by atoms with Crippen molar-refractivity contribution in [2.24, 2.45) is 0 Å². The van der Waals surface area contributed by atoms with E-state index in [1.165, 1.54) is 18.4 Å². The first kappa shape index (κ1) is 18.6. The molecule has 0 radical (unpaired) electrons. The fraction of sp³-hybridized carbons (Fsp3) is 0.400. The third-order valence-electron chi connectivity index (χ3n) is 4.58. The van der Waals surface area contributed by atoms with Gasteiger partial charge in [0.2, 0.25) is 5.91 Å². The lowest BCUT2D eigenvalue weighted by atomic mass is 10.1. The van der Waals surface area contributed by atoms with Gasteiger partial charge in [-0.3, -0.25) is 14.5 Å². The molecule has 0 atom stereocenters. The second-order valence-corrected chi connectivity index (χ2v) is 7.63. The van der Waals surface area contributed by atoms with Crippen molar-refractivity contribution in [1.82, 2.24) is 10.2 Å². The van der Waals surface area contributed by atoms with Crippen LogP contribution >= 0.6 is 11.3 Å². The molecule has 26 heavy (non-hydrogen) atoms. The van der Waals surface area contributed by atoms with Crippen LogP contribution in [0.2, 0.25) is 0 Å². The van der Waals surface area contributed by atoms with Gasteiger partial charge < -0.3 is 10.6 Å². The largest absolute Gasteiger partial charge is 0.349 e. The number of amides is 2. The summed E-state index contributed by atoms with van der Waals surface area (Å²) in [6.07, 6.45) is 4.40. The number of likely N-dealkylation sites (N-methyl/N-ethyl adjacent to an activating group) is 1. The van der Waals surface area contributed by atoms with Crippen LogP contribution in [0, 0.1) is 0 Å². The third-order valence-corrected chi connectivity index (χ3v) is 5.31. The van der Waals surface area contributed by atoms with Gasteiger partial charge in [0.1, 0.15) is 0 Å². The maximum Gasteiger partial charge on any atom is 0.253 e. The van der Waals surface area contributed by atoms with Crippen molar-refractivity contribution in [1.29, 1.82) is 0 Å². The van der Waals surface area contributed by atoms with Gasteiger partial charge in [-0.05, 0) is 54.4 Å². The summed E-state index contributed by atoms with van der Waals surface area (Å²) in [6.45, 7) is 0.995. The molecule has 0 bridgehead atoms. The zero-order valence-electron chi connectivity index (χ0n) is 15.0. The minimum absolute atomic E-state index is 0.112. The Hall–Kier alpha value is -2.18. The number of anilines is 1. The molecule has 138 valence electrons. The second kappa shape index (κ2) is 8.96. The number of hydrogen-bond donors (Lipinski definition) is 2. The lowest BCUT2D eigenvalue weighted by molar-refractivity contribution is -0.117. The summed E-state index contributed by atoms with van der Waals surface area (Å²) in [5.74, 6) is -0.233. The summed E-state index contributed by atoms with van der Waals surface area (Å²) in [5, 5.41) is 10.1. The number of nitrogens with one attached hydrogen (secondary N) is 2. The number of para-hydroxylation sites is 1. The summed E-state index contributed by atoms with van der Waals surface area (Å²) in [5.41, 5.74) is 2.28. The van der Waals surface area contributed by atoms with Gasteiger partial charge in [-0.25, -0.2) is 0 Å². The van der Waals surface area contributed by atoms with Crippen LogP contribution in [0.3, 0.4) is 0 Å². The molecule has 5 nitrogen and oxygen atoms in total. The predicted molar refractivity (Wildman–Crippen MR) is 105 cm³/mol. The van der Waals surface area contributed by atoms with Gasteiger partial charge in [0.15, 0.2) is 0 Å². The molecule has 2 N–H and O–H groups in total. The Morgan fingerprint density at radius 3 is 2.69 bits per heavy atom. The Morgan fingerprint density at radius 1 is 1.19 bits per heavy atom. The van der Waals surface area contributed by atoms with E-state index in [-0.39, 0.29) is 24.4 Å². The lowest BCUT2D eigenvalue weighted by Crippen LogP contribution is -2.34. The minimum Gasteiger partial charge on any atom is -0.349 e. The first-order chi connectivity index (χ1) is 12.6. The molecule has 6 heteroatoms. The Labute approximate surface area is 158 Å². The second-order valence-electron chi connectivity index (χ2n) is 6.85. The molecule has 3 rings (SSSR count). The number of carbonyl (C=O) groups is 2. The average Bonchev–Trinajstić information content (AvgIpc) is 3.29. The summed E-state index contributed by atoms with van der Waals surface area (Å²) in [7, 11) is 1.91. The first-order valence-corrected chi connectivity index (χ1v) is 9.95. The Morgan fingerprint density at radius 2 is 1.96 bits per heavy atom. The normalized spacial score (nSPS) is 14.5. The molecule has 0 aliphatic heterocycles. The number of hydrogen-bond acceptors (Lipinski definition) is 4. The summed E-state index contributed by atoms with van der Waals surface area (Å²) < 4.78 is 0. The van der Waals surface area contributed by atoms with E-state index < -0.39 is 0 Å². The molecule has 1 fully saturated rings. The highest BCUT2D eigenvalue weighted by Gasteiger charge is 2.20. The Kier molecular flexibility index (Phi) is 6.41. The van der Waals surface area contributed by atoms with Gasteiger partial charge in [-0.15, -0.1) is 0 Å². The van der Waals surface area contributed by atoms with Crippen LogP contribution in [0.15, 0.2) is 41.1 Å². The van der Waals surface area contributed by atoms with E-state index in [9.17, 15) is 9.59 Å². The molecule has 1 aromatic heterocycles. The highest BCUT2D eigenvalue weighted by atomic mass is 32.1. The van der Waals surface area contributed by atoms with Crippen LogP contribution in [-0.4, -0.2) is 36.3 Å². The molecule has 2 aromatic rings. The van der Waals surface area contributed by atoms with Crippen LogP contribution in [0.4, 0.5) is 5.69 Å². The summed E-state index contributed by atoms with van der Waals surface area (Å²) >= 11 is 1.65. The van der Waals surface area contributed by atoms with Crippen molar-refractivity contribution in [2.45, 2.75) is 38.3 Å². The quantitative estimate of drug-likeness (QED) is 0.783. The lowest BCUT2D eigenvalue weighted by Gasteiger charge is -2.17. The van der Waals surface area contributed by atoms with Crippen LogP contribution in [0.5, 0.6) is 0 Å². The van der Waals surface area contributed by atoms with E-state index in [1.807, 2.05) is 29.5 Å². The fourth-order valence-corrected chi connectivity index (χ4v) is 3.97. The minimum atomic E-state index is -0.121. The average molecular weight is 372 g/mol. The van der Waals surface area contributed by atoms with Crippen LogP contribution in [0.25, 0.3) is 0 Å². The van der Waals surface area contributed by atoms with Gasteiger partial charge in [-0.2, -0.15) is 11.3 Å². The molecular weight excluding hydrogens is 346 g/mol. The Balaban J connectivity index is 1.58. The van der Waals surface area contributed by atoms with Crippen molar-refractivity contribution in [3.63, 3.8) is 0 Å². The SMILES string of the molecule is CN(CC(=O)Nc1ccccc1C(=O)NC1CCCC1)Cc1ccsc1. The molecule has 1 aliphatic carbocycles. The number of thiophene rings is 1. The predicted octanol–water partition coefficient (Wildman–Crippen LogP) is 3.49. The molecule has 2 amide bonds. The number of carbonyl (C=O) groups excluding carboxylic acids is 2. The molecular formula is C20H25N3O2S. The van der Waals surface area contributed by atoms with Crippen molar-refractivity contribution in [3.05, 3.63) is 52.2 Å². The fourth-order valence-electron chi connectivity index (χ4n) is 3.31. The molecule has 0 saturated heterocycles. The Bertz CT molecular complexity index is 739. The molecule has 1 heterocycles. The smallest absolute Gasteiger partial charge is 0.253 e. The molecule has 0 spiro atoms. The van der Waals surface area contributed by atoms with Crippen LogP contribution in [-0.2, 0) is 11.3 Å². The van der Waals surface area contributed by atoms with Crippen LogP contribution in [0.1, 0.15) is 41.6 Å². The zero-order valence-corrected chi connectivity index (χ0v) is 15.8. The number of benzene rings is 1. The van der Waals surface area contributed by atoms with Crippen molar-refractivity contribution in [2.75, 3.05) is 18.9 Å². The van der Waals surface area contributed by atoms with E-state index in [1.54, 1.807) is 23.5 Å². The zero-order chi connectivity index (χ0) is 18.4. The highest BCUT2D eigenvalue weighted by molar-refractivity contribution is 7.07. The molecule has 0 unspecified atom stereocenters. The van der Waals surface area contributed by atoms with E-state index in [4.69, 9.17) is 0 Å². The first-order valence-electron chi connectivity index (χ1n) is 9.01. The van der Waals surface area contributed by atoms with E-state index in [0.29, 0.717) is 11.3 Å². The van der Waals surface area contributed by atoms with Gasteiger partial charge in [0.05, 0.1) is 17.8 Å². The van der Waals surface area contributed by atoms with E-state index in [2.05, 4.69) is 22.1 Å². The summed E-state index contributed by atoms with van der Waals surface area (Å²) in [4.78, 5) is 26.9. The maximum absolute atomic E-state index is 12.6. The van der Waals surface area contributed by atoms with Crippen LogP contribution < -0.4 is 10.6 Å². The highest BCUT2D eigenvalue weighted by Crippen LogP contribution is 2.20. The third kappa shape index (κ3) is 5.16. The molecule has 1 aliphatic rings. The standard InChI is InChI=1S/C20H25N3O2S/c1-23(12-15-10-11-26-14-15)13-19(24)22-18-9-5-4-8-17(18)20(25)21-16-6-2-3-7-16/h4-5,8-11,14,16H,2-3,6-7,12-13H2,1H3,(H,21,25)(H,22,24). The van der Waals surface area contributed by atoms with E-state index >= 15 is 0 Å². The molecule has 1 saturated carbocycles. The monoisotopic (exact) mass is 371 g/mol. The van der Waals surface area contributed by atoms with Crippen molar-refractivity contribution >= 4 is 28.8 Å². The topological polar surface area (TPSA) is 61.4 Å². The van der Waals surface area contributed by atoms with Crippen molar-refractivity contribution in [3.8, 4) is 0 Å². The van der Waals surface area contributed by atoms with Gasteiger partial charge in [0.25, 0.3) is 5.91 Å². The summed E-state index contributed by atoms with van der Waals surface area (Å²) in [6, 6.07) is 9.50. The molecule has 1 aromatic carbocycles. The maximum atomic E-state index is 12.6. The van der Waals surface area contributed by atoms with Crippen molar-refractivity contribution < 1.29 is 9.59 Å². The van der Waals surface area contributed by atoms with Gasteiger partial charge in [-0.1, -0.05) is 25.0 Å². The number of nitrogens with zero attached hydrogens (tertiary/aromatic N) is 1. The van der Waals surface area contributed by atoms with Gasteiger partial charge in [0, 0.05) is 12.6 Å². The van der Waals surface area contributed by atoms with Gasteiger partial charge >= 0.3 is 0 Å². The number of rotatable bonds is 7.